The largest absolute Gasteiger partial charge is 0.468 e. The Morgan fingerprint density at radius 3 is 3.11 bits per heavy atom. The van der Waals surface area contributed by atoms with Crippen molar-refractivity contribution in [3.63, 3.8) is 0 Å². The summed E-state index contributed by atoms with van der Waals surface area (Å²) >= 11 is 1.55. The van der Waals surface area contributed by atoms with E-state index in [2.05, 4.69) is 9.72 Å². The normalized spacial score (nSPS) is 18.4. The molecule has 1 amide bonds. The fourth-order valence-corrected chi connectivity index (χ4v) is 3.01. The van der Waals surface area contributed by atoms with E-state index in [-0.39, 0.29) is 11.9 Å². The number of hydrogen-bond acceptors (Lipinski definition) is 5. The molecule has 1 aliphatic heterocycles. The third-order valence-electron chi connectivity index (χ3n) is 3.01. The fourth-order valence-electron chi connectivity index (χ4n) is 1.97. The predicted octanol–water partition coefficient (Wildman–Crippen LogP) is 1.20. The van der Waals surface area contributed by atoms with Gasteiger partial charge < -0.3 is 9.64 Å². The molecule has 0 saturated carbocycles. The lowest BCUT2D eigenvalue weighted by molar-refractivity contribution is -0.137. The Bertz CT molecular complexity index is 452. The molecule has 1 aromatic heterocycles. The van der Waals surface area contributed by atoms with Gasteiger partial charge >= 0.3 is 5.97 Å². The van der Waals surface area contributed by atoms with Crippen molar-refractivity contribution in [1.82, 2.24) is 9.88 Å². The number of esters is 1. The van der Waals surface area contributed by atoms with E-state index in [4.69, 9.17) is 0 Å². The highest BCUT2D eigenvalue weighted by molar-refractivity contribution is 8.00. The van der Waals surface area contributed by atoms with Crippen LogP contribution in [-0.2, 0) is 9.53 Å². The standard InChI is InChI=1S/C13H16N2O3S/c1-18-12(16)9-19-11-4-6-15(8-11)13(17)10-3-2-5-14-7-10/h2-3,5,7,11H,4,6,8-9H2,1H3. The summed E-state index contributed by atoms with van der Waals surface area (Å²) in [4.78, 5) is 29.0. The van der Waals surface area contributed by atoms with Crippen LogP contribution < -0.4 is 0 Å². The summed E-state index contributed by atoms with van der Waals surface area (Å²) in [6.07, 6.45) is 4.14. The lowest BCUT2D eigenvalue weighted by Crippen LogP contribution is -2.29. The molecular formula is C13H16N2O3S. The number of ether oxygens (including phenoxy) is 1. The number of nitrogens with zero attached hydrogens (tertiary/aromatic N) is 2. The molecule has 0 radical (unpaired) electrons. The Labute approximate surface area is 116 Å². The molecule has 102 valence electrons. The molecule has 2 rings (SSSR count). The van der Waals surface area contributed by atoms with Crippen LogP contribution in [0, 0.1) is 0 Å². The van der Waals surface area contributed by atoms with Crippen LogP contribution in [0.3, 0.4) is 0 Å². The molecular weight excluding hydrogens is 264 g/mol. The number of amides is 1. The average molecular weight is 280 g/mol. The van der Waals surface area contributed by atoms with E-state index in [1.807, 2.05) is 4.90 Å². The SMILES string of the molecule is COC(=O)CSC1CCN(C(=O)c2cccnc2)C1. The summed E-state index contributed by atoms with van der Waals surface area (Å²) in [5.74, 6) is 0.132. The maximum Gasteiger partial charge on any atom is 0.315 e. The van der Waals surface area contributed by atoms with Crippen LogP contribution in [0.2, 0.25) is 0 Å². The maximum absolute atomic E-state index is 12.2. The van der Waals surface area contributed by atoms with Crippen LogP contribution >= 0.6 is 11.8 Å². The van der Waals surface area contributed by atoms with Gasteiger partial charge in [-0.3, -0.25) is 14.6 Å². The molecule has 0 aliphatic carbocycles. The number of rotatable bonds is 4. The summed E-state index contributed by atoms with van der Waals surface area (Å²) in [5, 5.41) is 0.305. The minimum absolute atomic E-state index is 0.00858. The molecule has 2 heterocycles. The number of thioether (sulfide) groups is 1. The summed E-state index contributed by atoms with van der Waals surface area (Å²) in [6, 6.07) is 3.52. The molecule has 1 aliphatic rings. The number of carbonyl (C=O) groups is 2. The molecule has 0 aromatic carbocycles. The first-order valence-electron chi connectivity index (χ1n) is 6.08. The van der Waals surface area contributed by atoms with Crippen molar-refractivity contribution in [2.45, 2.75) is 11.7 Å². The first kappa shape index (κ1) is 13.9. The predicted molar refractivity (Wildman–Crippen MR) is 73.0 cm³/mol. The lowest BCUT2D eigenvalue weighted by Gasteiger charge is -2.16. The van der Waals surface area contributed by atoms with Crippen LogP contribution in [-0.4, -0.2) is 53.0 Å². The zero-order chi connectivity index (χ0) is 13.7. The number of likely N-dealkylation sites (tertiary alicyclic amines) is 1. The number of pyridine rings is 1. The van der Waals surface area contributed by atoms with Crippen molar-refractivity contribution >= 4 is 23.6 Å². The van der Waals surface area contributed by atoms with Crippen molar-refractivity contribution in [1.29, 1.82) is 0 Å². The Morgan fingerprint density at radius 1 is 1.58 bits per heavy atom. The second kappa shape index (κ2) is 6.56. The van der Waals surface area contributed by atoms with E-state index in [9.17, 15) is 9.59 Å². The number of carbonyl (C=O) groups excluding carboxylic acids is 2. The summed E-state index contributed by atoms with van der Waals surface area (Å²) in [7, 11) is 1.38. The summed E-state index contributed by atoms with van der Waals surface area (Å²) < 4.78 is 4.61. The van der Waals surface area contributed by atoms with Gasteiger partial charge in [-0.25, -0.2) is 0 Å². The second-order valence-corrected chi connectivity index (χ2v) is 5.58. The maximum atomic E-state index is 12.2. The van der Waals surface area contributed by atoms with Crippen LogP contribution in [0.5, 0.6) is 0 Å². The first-order valence-corrected chi connectivity index (χ1v) is 7.13. The van der Waals surface area contributed by atoms with Crippen molar-refractivity contribution in [3.05, 3.63) is 30.1 Å². The van der Waals surface area contributed by atoms with Gasteiger partial charge in [0.25, 0.3) is 5.91 Å². The average Bonchev–Trinajstić information content (AvgIpc) is 2.93. The first-order chi connectivity index (χ1) is 9.20. The van der Waals surface area contributed by atoms with Gasteiger partial charge in [-0.2, -0.15) is 0 Å². The number of methoxy groups -OCH3 is 1. The zero-order valence-electron chi connectivity index (χ0n) is 10.7. The van der Waals surface area contributed by atoms with Gasteiger partial charge in [-0.05, 0) is 18.6 Å². The van der Waals surface area contributed by atoms with E-state index in [1.165, 1.54) is 7.11 Å². The van der Waals surface area contributed by atoms with Crippen molar-refractivity contribution in [3.8, 4) is 0 Å². The van der Waals surface area contributed by atoms with Crippen LogP contribution in [0.15, 0.2) is 24.5 Å². The topological polar surface area (TPSA) is 59.5 Å². The second-order valence-electron chi connectivity index (χ2n) is 4.29. The highest BCUT2D eigenvalue weighted by Gasteiger charge is 2.27. The Balaban J connectivity index is 1.85. The van der Waals surface area contributed by atoms with Gasteiger partial charge in [0.05, 0.1) is 18.4 Å². The lowest BCUT2D eigenvalue weighted by atomic mass is 10.2. The number of hydrogen-bond donors (Lipinski definition) is 0. The van der Waals surface area contributed by atoms with Gasteiger partial charge in [0, 0.05) is 30.7 Å². The Morgan fingerprint density at radius 2 is 2.42 bits per heavy atom. The van der Waals surface area contributed by atoms with Gasteiger partial charge in [0.1, 0.15) is 0 Å². The minimum atomic E-state index is -0.220. The molecule has 5 nitrogen and oxygen atoms in total. The van der Waals surface area contributed by atoms with Gasteiger partial charge in [0.15, 0.2) is 0 Å². The smallest absolute Gasteiger partial charge is 0.315 e. The van der Waals surface area contributed by atoms with Crippen molar-refractivity contribution in [2.24, 2.45) is 0 Å². The Kier molecular flexibility index (Phi) is 4.79. The molecule has 1 unspecified atom stereocenters. The highest BCUT2D eigenvalue weighted by atomic mass is 32.2. The van der Waals surface area contributed by atoms with Gasteiger partial charge in [-0.15, -0.1) is 11.8 Å². The van der Waals surface area contributed by atoms with Gasteiger partial charge in [-0.1, -0.05) is 0 Å². The Hall–Kier alpha value is -1.56. The zero-order valence-corrected chi connectivity index (χ0v) is 11.6. The summed E-state index contributed by atoms with van der Waals surface area (Å²) in [6.45, 7) is 1.40. The molecule has 1 aromatic rings. The highest BCUT2D eigenvalue weighted by Crippen LogP contribution is 2.23. The van der Waals surface area contributed by atoms with E-state index < -0.39 is 0 Å². The van der Waals surface area contributed by atoms with E-state index in [0.29, 0.717) is 23.1 Å². The molecule has 6 heteroatoms. The quantitative estimate of drug-likeness (QED) is 0.776. The summed E-state index contributed by atoms with van der Waals surface area (Å²) in [5.41, 5.74) is 0.612. The van der Waals surface area contributed by atoms with E-state index in [1.54, 1.807) is 36.3 Å². The van der Waals surface area contributed by atoms with E-state index >= 15 is 0 Å². The van der Waals surface area contributed by atoms with Crippen molar-refractivity contribution in [2.75, 3.05) is 26.0 Å². The third kappa shape index (κ3) is 3.70. The molecule has 0 N–H and O–H groups in total. The molecule has 1 atom stereocenters. The monoisotopic (exact) mass is 280 g/mol. The molecule has 1 fully saturated rings. The van der Waals surface area contributed by atoms with Crippen molar-refractivity contribution < 1.29 is 14.3 Å². The molecule has 1 saturated heterocycles. The van der Waals surface area contributed by atoms with E-state index in [0.717, 1.165) is 13.0 Å². The van der Waals surface area contributed by atoms with Crippen LogP contribution in [0.1, 0.15) is 16.8 Å². The molecule has 0 spiro atoms. The number of aromatic nitrogens is 1. The van der Waals surface area contributed by atoms with Crippen LogP contribution in [0.25, 0.3) is 0 Å². The molecule has 19 heavy (non-hydrogen) atoms. The third-order valence-corrected chi connectivity index (χ3v) is 4.26. The van der Waals surface area contributed by atoms with Crippen LogP contribution in [0.4, 0.5) is 0 Å². The fraction of sp³-hybridized carbons (Fsp3) is 0.462. The molecule has 0 bridgehead atoms. The van der Waals surface area contributed by atoms with Gasteiger partial charge in [0.2, 0.25) is 0 Å². The minimum Gasteiger partial charge on any atom is -0.468 e.